The number of amides is 2. The number of benzene rings is 2. The summed E-state index contributed by atoms with van der Waals surface area (Å²) in [5.74, 6) is 0. The molecule has 1 N–H and O–H groups in total. The summed E-state index contributed by atoms with van der Waals surface area (Å²) in [4.78, 5) is 13.7. The molecule has 0 aliphatic rings. The lowest BCUT2D eigenvalue weighted by molar-refractivity contribution is -0.137. The standard InChI is InChI=1S/C18H17F3N4O/c1-11-15-9-8-14(10-16(15)23-25(11)3)24(2)17(26)22-13-6-4-12(5-7-13)18(19,20)21/h4-10H,1-3H3,(H,22,26). The van der Waals surface area contributed by atoms with Crippen molar-refractivity contribution in [2.75, 3.05) is 17.3 Å². The van der Waals surface area contributed by atoms with E-state index in [4.69, 9.17) is 0 Å². The zero-order valence-electron chi connectivity index (χ0n) is 14.4. The Kier molecular flexibility index (Phi) is 4.35. The second kappa shape index (κ2) is 6.36. The quantitative estimate of drug-likeness (QED) is 0.726. The van der Waals surface area contributed by atoms with E-state index in [0.29, 0.717) is 5.69 Å². The highest BCUT2D eigenvalue weighted by Gasteiger charge is 2.30. The number of carbonyl (C=O) groups excluding carboxylic acids is 1. The van der Waals surface area contributed by atoms with E-state index in [-0.39, 0.29) is 5.69 Å². The van der Waals surface area contributed by atoms with Gasteiger partial charge in [0.05, 0.1) is 11.1 Å². The summed E-state index contributed by atoms with van der Waals surface area (Å²) in [5, 5.41) is 7.95. The Morgan fingerprint density at radius 1 is 1.15 bits per heavy atom. The first-order valence-corrected chi connectivity index (χ1v) is 7.82. The number of fused-ring (bicyclic) bond motifs is 1. The molecule has 0 atom stereocenters. The van der Waals surface area contributed by atoms with Gasteiger partial charge in [-0.15, -0.1) is 0 Å². The molecule has 136 valence electrons. The van der Waals surface area contributed by atoms with E-state index < -0.39 is 17.8 Å². The van der Waals surface area contributed by atoms with Crippen LogP contribution >= 0.6 is 0 Å². The van der Waals surface area contributed by atoms with Gasteiger partial charge in [-0.2, -0.15) is 18.3 Å². The molecule has 0 radical (unpaired) electrons. The van der Waals surface area contributed by atoms with Gasteiger partial charge in [-0.3, -0.25) is 9.58 Å². The van der Waals surface area contributed by atoms with Crippen molar-refractivity contribution >= 4 is 28.3 Å². The zero-order valence-corrected chi connectivity index (χ0v) is 14.4. The molecule has 0 saturated carbocycles. The molecule has 0 aliphatic carbocycles. The van der Waals surface area contributed by atoms with E-state index in [1.165, 1.54) is 17.0 Å². The number of hydrogen-bond acceptors (Lipinski definition) is 2. The van der Waals surface area contributed by atoms with Gasteiger partial charge in [0.25, 0.3) is 0 Å². The van der Waals surface area contributed by atoms with Gasteiger partial charge < -0.3 is 5.32 Å². The molecule has 26 heavy (non-hydrogen) atoms. The molecule has 0 fully saturated rings. The van der Waals surface area contributed by atoms with Crippen LogP contribution in [0.5, 0.6) is 0 Å². The van der Waals surface area contributed by atoms with Crippen LogP contribution in [0.2, 0.25) is 0 Å². The summed E-state index contributed by atoms with van der Waals surface area (Å²) in [5.41, 5.74) is 1.92. The number of aryl methyl sites for hydroxylation is 2. The van der Waals surface area contributed by atoms with E-state index in [0.717, 1.165) is 28.7 Å². The van der Waals surface area contributed by atoms with Crippen LogP contribution in [0.15, 0.2) is 42.5 Å². The highest BCUT2D eigenvalue weighted by molar-refractivity contribution is 6.02. The molecule has 2 amide bonds. The largest absolute Gasteiger partial charge is 0.416 e. The van der Waals surface area contributed by atoms with Crippen LogP contribution in [-0.4, -0.2) is 22.9 Å². The predicted octanol–water partition coefficient (Wildman–Crippen LogP) is 4.57. The molecular weight excluding hydrogens is 345 g/mol. The summed E-state index contributed by atoms with van der Waals surface area (Å²) in [6.07, 6.45) is -4.41. The van der Waals surface area contributed by atoms with Crippen molar-refractivity contribution < 1.29 is 18.0 Å². The van der Waals surface area contributed by atoms with Crippen LogP contribution < -0.4 is 10.2 Å². The summed E-state index contributed by atoms with van der Waals surface area (Å²) >= 11 is 0. The maximum absolute atomic E-state index is 12.6. The summed E-state index contributed by atoms with van der Waals surface area (Å²) in [6, 6.07) is 9.31. The Morgan fingerprint density at radius 2 is 1.81 bits per heavy atom. The molecule has 0 bridgehead atoms. The third kappa shape index (κ3) is 3.35. The number of urea groups is 1. The maximum atomic E-state index is 12.6. The van der Waals surface area contributed by atoms with Crippen molar-refractivity contribution in [1.82, 2.24) is 9.78 Å². The highest BCUT2D eigenvalue weighted by atomic mass is 19.4. The fourth-order valence-corrected chi connectivity index (χ4v) is 2.60. The van der Waals surface area contributed by atoms with Crippen molar-refractivity contribution in [3.8, 4) is 0 Å². The Balaban J connectivity index is 1.77. The molecule has 8 heteroatoms. The molecule has 5 nitrogen and oxygen atoms in total. The Morgan fingerprint density at radius 3 is 2.42 bits per heavy atom. The zero-order chi connectivity index (χ0) is 19.1. The van der Waals surface area contributed by atoms with Crippen LogP contribution in [0.3, 0.4) is 0 Å². The minimum Gasteiger partial charge on any atom is -0.308 e. The van der Waals surface area contributed by atoms with E-state index in [2.05, 4.69) is 10.4 Å². The van der Waals surface area contributed by atoms with Crippen LogP contribution in [0.4, 0.5) is 29.3 Å². The van der Waals surface area contributed by atoms with Crippen molar-refractivity contribution in [2.24, 2.45) is 7.05 Å². The van der Waals surface area contributed by atoms with E-state index in [1.54, 1.807) is 23.9 Å². The molecular formula is C18H17F3N4O. The predicted molar refractivity (Wildman–Crippen MR) is 94.3 cm³/mol. The van der Waals surface area contributed by atoms with E-state index in [9.17, 15) is 18.0 Å². The molecule has 0 aliphatic heterocycles. The lowest BCUT2D eigenvalue weighted by atomic mass is 10.2. The second-order valence-corrected chi connectivity index (χ2v) is 5.97. The molecule has 0 unspecified atom stereocenters. The minimum absolute atomic E-state index is 0.282. The monoisotopic (exact) mass is 362 g/mol. The minimum atomic E-state index is -4.41. The number of nitrogens with zero attached hydrogens (tertiary/aromatic N) is 3. The van der Waals surface area contributed by atoms with E-state index >= 15 is 0 Å². The van der Waals surface area contributed by atoms with Gasteiger partial charge in [-0.1, -0.05) is 0 Å². The van der Waals surface area contributed by atoms with Crippen LogP contribution in [-0.2, 0) is 13.2 Å². The Hall–Kier alpha value is -3.03. The van der Waals surface area contributed by atoms with Gasteiger partial charge in [0.2, 0.25) is 0 Å². The average Bonchev–Trinajstić information content (AvgIpc) is 2.87. The number of anilines is 2. The Labute approximate surface area is 148 Å². The highest BCUT2D eigenvalue weighted by Crippen LogP contribution is 2.30. The first kappa shape index (κ1) is 17.8. The van der Waals surface area contributed by atoms with Gasteiger partial charge in [0.15, 0.2) is 0 Å². The van der Waals surface area contributed by atoms with Crippen molar-refractivity contribution in [3.05, 3.63) is 53.7 Å². The maximum Gasteiger partial charge on any atom is 0.416 e. The number of hydrogen-bond donors (Lipinski definition) is 1. The lowest BCUT2D eigenvalue weighted by Gasteiger charge is -2.18. The molecule has 0 saturated heterocycles. The smallest absolute Gasteiger partial charge is 0.308 e. The molecule has 1 heterocycles. The number of rotatable bonds is 2. The summed E-state index contributed by atoms with van der Waals surface area (Å²) in [6.45, 7) is 1.95. The molecule has 3 aromatic rings. The number of nitrogens with one attached hydrogen (secondary N) is 1. The molecule has 0 spiro atoms. The molecule has 2 aromatic carbocycles. The number of aromatic nitrogens is 2. The van der Waals surface area contributed by atoms with Gasteiger partial charge in [-0.25, -0.2) is 4.79 Å². The first-order chi connectivity index (χ1) is 12.2. The fraction of sp³-hybridized carbons (Fsp3) is 0.222. The van der Waals surface area contributed by atoms with Crippen LogP contribution in [0.25, 0.3) is 10.9 Å². The first-order valence-electron chi connectivity index (χ1n) is 7.82. The average molecular weight is 362 g/mol. The number of halogens is 3. The summed E-state index contributed by atoms with van der Waals surface area (Å²) < 4.78 is 39.5. The number of alkyl halides is 3. The molecule has 1 aromatic heterocycles. The normalized spacial score (nSPS) is 11.6. The topological polar surface area (TPSA) is 50.2 Å². The van der Waals surface area contributed by atoms with Gasteiger partial charge in [-0.05, 0) is 49.4 Å². The van der Waals surface area contributed by atoms with Crippen molar-refractivity contribution in [2.45, 2.75) is 13.1 Å². The SMILES string of the molecule is Cc1c2ccc(N(C)C(=O)Nc3ccc(C(F)(F)F)cc3)cc2nn1C. The molecule has 3 rings (SSSR count). The van der Waals surface area contributed by atoms with Crippen LogP contribution in [0.1, 0.15) is 11.3 Å². The van der Waals surface area contributed by atoms with E-state index in [1.807, 2.05) is 20.0 Å². The van der Waals surface area contributed by atoms with Crippen molar-refractivity contribution in [1.29, 1.82) is 0 Å². The van der Waals surface area contributed by atoms with Gasteiger partial charge in [0, 0.05) is 36.6 Å². The van der Waals surface area contributed by atoms with Crippen molar-refractivity contribution in [3.63, 3.8) is 0 Å². The third-order valence-electron chi connectivity index (χ3n) is 4.27. The Bertz CT molecular complexity index is 961. The fourth-order valence-electron chi connectivity index (χ4n) is 2.60. The van der Waals surface area contributed by atoms with Gasteiger partial charge in [0.1, 0.15) is 0 Å². The van der Waals surface area contributed by atoms with Gasteiger partial charge >= 0.3 is 12.2 Å². The third-order valence-corrected chi connectivity index (χ3v) is 4.27. The lowest BCUT2D eigenvalue weighted by Crippen LogP contribution is -2.31. The second-order valence-electron chi connectivity index (χ2n) is 5.97. The van der Waals surface area contributed by atoms with Crippen LogP contribution in [0, 0.1) is 6.92 Å². The summed E-state index contributed by atoms with van der Waals surface area (Å²) in [7, 11) is 3.42. The number of carbonyl (C=O) groups is 1.